The zero-order valence-electron chi connectivity index (χ0n) is 15.4. The van der Waals surface area contributed by atoms with Gasteiger partial charge in [0.05, 0.1) is 0 Å². The first-order chi connectivity index (χ1) is 13.2. The summed E-state index contributed by atoms with van der Waals surface area (Å²) in [6, 6.07) is 8.12. The fourth-order valence-corrected chi connectivity index (χ4v) is 2.86. The van der Waals surface area contributed by atoms with Crippen LogP contribution in [-0.2, 0) is 15.5 Å². The number of carbonyl (C=O) groups excluding carboxylic acids is 1. The number of para-hydroxylation sites is 1. The number of rotatable bonds is 7. The highest BCUT2D eigenvalue weighted by molar-refractivity contribution is 7.93. The highest BCUT2D eigenvalue weighted by Gasteiger charge is 2.48. The van der Waals surface area contributed by atoms with Crippen LogP contribution in [0.5, 0.6) is 11.6 Å². The number of nitrogens with one attached hydrogen (secondary N) is 1. The third-order valence-corrected chi connectivity index (χ3v) is 4.67. The molecule has 0 saturated heterocycles. The molecule has 2 aromatic rings. The van der Waals surface area contributed by atoms with E-state index in [0.29, 0.717) is 18.6 Å². The fraction of sp³-hybridized carbons (Fsp3) is 0.316. The lowest BCUT2D eigenvalue weighted by molar-refractivity contribution is 0.0943. The first-order valence-electron chi connectivity index (χ1n) is 8.65. The number of amides is 1. The van der Waals surface area contributed by atoms with Crippen molar-refractivity contribution in [1.29, 1.82) is 0 Å². The SMILES string of the molecule is CC(C=CS(C)(=O)=O)NC(=O)c1cnc(C2(F)CC2)nc1Oc1ccccc1. The van der Waals surface area contributed by atoms with E-state index in [9.17, 15) is 17.6 Å². The number of ether oxygens (including phenoxy) is 1. The Bertz CT molecular complexity index is 1010. The van der Waals surface area contributed by atoms with Gasteiger partial charge in [-0.1, -0.05) is 24.3 Å². The molecule has 1 N–H and O–H groups in total. The molecule has 28 heavy (non-hydrogen) atoms. The van der Waals surface area contributed by atoms with Crippen LogP contribution < -0.4 is 10.1 Å². The molecule has 9 heteroatoms. The molecule has 3 rings (SSSR count). The standard InChI is InChI=1S/C19H20FN3O4S/c1-13(8-11-28(2,25)26)22-16(24)15-12-21-18(19(20)9-10-19)23-17(15)27-14-6-4-3-5-7-14/h3-8,11-13H,9-10H2,1-2H3,(H,22,24). The Hall–Kier alpha value is -2.81. The third kappa shape index (κ3) is 5.13. The molecule has 1 fully saturated rings. The van der Waals surface area contributed by atoms with Crippen LogP contribution in [0.2, 0.25) is 0 Å². The van der Waals surface area contributed by atoms with Crippen LogP contribution in [0.25, 0.3) is 0 Å². The van der Waals surface area contributed by atoms with Gasteiger partial charge < -0.3 is 10.1 Å². The zero-order valence-corrected chi connectivity index (χ0v) is 16.2. The largest absolute Gasteiger partial charge is 0.438 e. The molecule has 0 aliphatic heterocycles. The van der Waals surface area contributed by atoms with Crippen molar-refractivity contribution in [2.75, 3.05) is 6.26 Å². The second-order valence-corrected chi connectivity index (χ2v) is 8.64. The minimum absolute atomic E-state index is 0.0139. The van der Waals surface area contributed by atoms with Gasteiger partial charge in [0.15, 0.2) is 21.3 Å². The number of benzene rings is 1. The van der Waals surface area contributed by atoms with E-state index in [1.165, 1.54) is 12.3 Å². The third-order valence-electron chi connectivity index (χ3n) is 4.02. The average Bonchev–Trinajstić information content (AvgIpc) is 3.39. The summed E-state index contributed by atoms with van der Waals surface area (Å²) in [4.78, 5) is 20.7. The number of nitrogens with zero attached hydrogens (tertiary/aromatic N) is 2. The van der Waals surface area contributed by atoms with Gasteiger partial charge in [-0.2, -0.15) is 4.98 Å². The summed E-state index contributed by atoms with van der Waals surface area (Å²) in [5.41, 5.74) is -1.55. The number of hydrogen-bond acceptors (Lipinski definition) is 6. The van der Waals surface area contributed by atoms with Crippen LogP contribution in [0.1, 0.15) is 35.9 Å². The molecular weight excluding hydrogens is 385 g/mol. The van der Waals surface area contributed by atoms with E-state index in [1.807, 2.05) is 6.07 Å². The molecule has 1 heterocycles. The predicted molar refractivity (Wildman–Crippen MR) is 101 cm³/mol. The number of aromatic nitrogens is 2. The van der Waals surface area contributed by atoms with Gasteiger partial charge in [-0.3, -0.25) is 4.79 Å². The van der Waals surface area contributed by atoms with Gasteiger partial charge in [0.2, 0.25) is 5.88 Å². The summed E-state index contributed by atoms with van der Waals surface area (Å²) in [5, 5.41) is 3.64. The average molecular weight is 405 g/mol. The van der Waals surface area contributed by atoms with Gasteiger partial charge in [0.1, 0.15) is 11.3 Å². The minimum atomic E-state index is -3.31. The maximum atomic E-state index is 14.4. The second kappa shape index (κ2) is 7.67. The van der Waals surface area contributed by atoms with E-state index >= 15 is 0 Å². The van der Waals surface area contributed by atoms with Crippen LogP contribution in [0.15, 0.2) is 48.0 Å². The van der Waals surface area contributed by atoms with Crippen LogP contribution in [0.3, 0.4) is 0 Å². The molecule has 7 nitrogen and oxygen atoms in total. The van der Waals surface area contributed by atoms with Crippen molar-refractivity contribution in [1.82, 2.24) is 15.3 Å². The lowest BCUT2D eigenvalue weighted by atomic mass is 10.2. The minimum Gasteiger partial charge on any atom is -0.438 e. The molecule has 1 aromatic carbocycles. The molecule has 148 valence electrons. The molecule has 1 amide bonds. The van der Waals surface area contributed by atoms with E-state index in [1.54, 1.807) is 31.2 Å². The lowest BCUT2D eigenvalue weighted by Gasteiger charge is -2.14. The Morgan fingerprint density at radius 1 is 1.32 bits per heavy atom. The van der Waals surface area contributed by atoms with Crippen molar-refractivity contribution in [2.45, 2.75) is 31.5 Å². The monoisotopic (exact) mass is 405 g/mol. The second-order valence-electron chi connectivity index (χ2n) is 6.71. The number of sulfone groups is 1. The maximum Gasteiger partial charge on any atom is 0.258 e. The summed E-state index contributed by atoms with van der Waals surface area (Å²) in [6.07, 6.45) is 4.29. The molecule has 0 bridgehead atoms. The Kier molecular flexibility index (Phi) is 5.46. The quantitative estimate of drug-likeness (QED) is 0.761. The summed E-state index contributed by atoms with van der Waals surface area (Å²) in [6.45, 7) is 1.62. The van der Waals surface area contributed by atoms with E-state index in [-0.39, 0.29) is 17.3 Å². The highest BCUT2D eigenvalue weighted by atomic mass is 32.2. The van der Waals surface area contributed by atoms with Gasteiger partial charge in [-0.05, 0) is 31.9 Å². The van der Waals surface area contributed by atoms with Gasteiger partial charge in [0, 0.05) is 23.9 Å². The van der Waals surface area contributed by atoms with E-state index in [4.69, 9.17) is 4.74 Å². The van der Waals surface area contributed by atoms with E-state index in [0.717, 1.165) is 11.7 Å². The molecule has 0 radical (unpaired) electrons. The first-order valence-corrected chi connectivity index (χ1v) is 10.6. The Morgan fingerprint density at radius 2 is 2.00 bits per heavy atom. The van der Waals surface area contributed by atoms with Gasteiger partial charge in [0.25, 0.3) is 5.91 Å². The number of alkyl halides is 1. The lowest BCUT2D eigenvalue weighted by Crippen LogP contribution is -2.32. The topological polar surface area (TPSA) is 98.2 Å². The Balaban J connectivity index is 1.86. The van der Waals surface area contributed by atoms with Gasteiger partial charge >= 0.3 is 0 Å². The molecule has 0 spiro atoms. The smallest absolute Gasteiger partial charge is 0.258 e. The number of halogens is 1. The molecule has 1 aliphatic rings. The fourth-order valence-electron chi connectivity index (χ4n) is 2.34. The van der Waals surface area contributed by atoms with Crippen molar-refractivity contribution in [3.8, 4) is 11.6 Å². The Morgan fingerprint density at radius 3 is 2.61 bits per heavy atom. The van der Waals surface area contributed by atoms with Crippen LogP contribution in [0.4, 0.5) is 4.39 Å². The molecular formula is C19H20FN3O4S. The molecule has 1 saturated carbocycles. The van der Waals surface area contributed by atoms with Crippen molar-refractivity contribution >= 4 is 15.7 Å². The highest BCUT2D eigenvalue weighted by Crippen LogP contribution is 2.48. The Labute approximate surface area is 162 Å². The van der Waals surface area contributed by atoms with Crippen LogP contribution >= 0.6 is 0 Å². The predicted octanol–water partition coefficient (Wildman–Crippen LogP) is 2.90. The number of carbonyl (C=O) groups is 1. The maximum absolute atomic E-state index is 14.4. The van der Waals surface area contributed by atoms with E-state index < -0.39 is 27.5 Å². The molecule has 1 aromatic heterocycles. The number of hydrogen-bond donors (Lipinski definition) is 1. The van der Waals surface area contributed by atoms with Gasteiger partial charge in [-0.25, -0.2) is 17.8 Å². The molecule has 1 atom stereocenters. The normalized spacial score (nSPS) is 16.5. The van der Waals surface area contributed by atoms with Crippen molar-refractivity contribution in [3.63, 3.8) is 0 Å². The summed E-state index contributed by atoms with van der Waals surface area (Å²) < 4.78 is 42.5. The van der Waals surface area contributed by atoms with Gasteiger partial charge in [-0.15, -0.1) is 0 Å². The summed E-state index contributed by atoms with van der Waals surface area (Å²) in [5.74, 6) is -0.196. The molecule has 1 unspecified atom stereocenters. The molecule has 1 aliphatic carbocycles. The van der Waals surface area contributed by atoms with Crippen LogP contribution in [0, 0.1) is 0 Å². The summed E-state index contributed by atoms with van der Waals surface area (Å²) >= 11 is 0. The van der Waals surface area contributed by atoms with Crippen molar-refractivity contribution < 1.29 is 22.3 Å². The summed E-state index contributed by atoms with van der Waals surface area (Å²) in [7, 11) is -3.31. The van der Waals surface area contributed by atoms with Crippen LogP contribution in [-0.4, -0.2) is 36.6 Å². The first kappa shape index (κ1) is 19.9. The van der Waals surface area contributed by atoms with Crippen molar-refractivity contribution in [2.24, 2.45) is 0 Å². The van der Waals surface area contributed by atoms with E-state index in [2.05, 4.69) is 15.3 Å². The zero-order chi connectivity index (χ0) is 20.4. The van der Waals surface area contributed by atoms with Crippen molar-refractivity contribution in [3.05, 3.63) is 59.4 Å².